The number of hydrogen-bond acceptors (Lipinski definition) is 5. The van der Waals surface area contributed by atoms with Crippen LogP contribution in [-0.2, 0) is 11.2 Å². The smallest absolute Gasteiger partial charge is 0.229 e. The average molecular weight is 311 g/mol. The summed E-state index contributed by atoms with van der Waals surface area (Å²) >= 11 is 0. The fourth-order valence-electron chi connectivity index (χ4n) is 2.59. The van der Waals surface area contributed by atoms with Crippen LogP contribution in [-0.4, -0.2) is 47.5 Å². The number of carbonyl (C=O) groups is 1. The normalized spacial score (nSPS) is 14.7. The highest BCUT2D eigenvalue weighted by Gasteiger charge is 2.17. The first kappa shape index (κ1) is 15.3. The van der Waals surface area contributed by atoms with E-state index in [2.05, 4.69) is 39.2 Å². The second-order valence-corrected chi connectivity index (χ2v) is 5.54. The summed E-state index contributed by atoms with van der Waals surface area (Å²) in [7, 11) is 0. The fourth-order valence-corrected chi connectivity index (χ4v) is 2.59. The minimum absolute atomic E-state index is 0.588. The van der Waals surface area contributed by atoms with Gasteiger partial charge in [0.1, 0.15) is 5.82 Å². The van der Waals surface area contributed by atoms with Crippen molar-refractivity contribution in [3.63, 3.8) is 0 Å². The Hall–Kier alpha value is -2.63. The number of aromatic nitrogens is 2. The summed E-state index contributed by atoms with van der Waals surface area (Å²) in [6.07, 6.45) is 3.69. The van der Waals surface area contributed by atoms with Crippen LogP contribution in [0.5, 0.6) is 0 Å². The molecule has 0 aliphatic carbocycles. The highest BCUT2D eigenvalue weighted by atomic mass is 16.1. The molecule has 1 aromatic carbocycles. The van der Waals surface area contributed by atoms with Crippen molar-refractivity contribution in [2.24, 2.45) is 0 Å². The van der Waals surface area contributed by atoms with E-state index in [0.29, 0.717) is 5.95 Å². The molecule has 1 aliphatic heterocycles. The molecule has 1 N–H and O–H groups in total. The Morgan fingerprint density at radius 1 is 1.13 bits per heavy atom. The molecule has 1 fully saturated rings. The van der Waals surface area contributed by atoms with Gasteiger partial charge in [-0.2, -0.15) is 4.98 Å². The molecule has 3 rings (SSSR count). The van der Waals surface area contributed by atoms with Gasteiger partial charge in [-0.15, -0.1) is 0 Å². The van der Waals surface area contributed by atoms with Crippen LogP contribution in [0.15, 0.2) is 36.5 Å². The van der Waals surface area contributed by atoms with E-state index in [0.717, 1.165) is 50.5 Å². The third kappa shape index (κ3) is 3.77. The number of hydrogen-bond donors (Lipinski definition) is 1. The quantitative estimate of drug-likeness (QED) is 0.857. The van der Waals surface area contributed by atoms with Crippen LogP contribution in [0, 0.1) is 0 Å². The Kier molecular flexibility index (Phi) is 4.71. The minimum atomic E-state index is 0.588. The Morgan fingerprint density at radius 3 is 2.52 bits per heavy atom. The molecule has 6 heteroatoms. The highest BCUT2D eigenvalue weighted by molar-refractivity contribution is 5.56. The van der Waals surface area contributed by atoms with Crippen LogP contribution in [0.1, 0.15) is 12.5 Å². The molecule has 0 saturated carbocycles. The maximum absolute atomic E-state index is 10.8. The van der Waals surface area contributed by atoms with E-state index < -0.39 is 0 Å². The van der Waals surface area contributed by atoms with Gasteiger partial charge < -0.3 is 15.1 Å². The van der Waals surface area contributed by atoms with Crippen molar-refractivity contribution in [3.8, 4) is 0 Å². The first-order valence-electron chi connectivity index (χ1n) is 7.92. The predicted octanol–water partition coefficient (Wildman–Crippen LogP) is 2.06. The molecule has 1 amide bonds. The minimum Gasteiger partial charge on any atom is -0.353 e. The molecule has 23 heavy (non-hydrogen) atoms. The molecule has 2 aromatic rings. The lowest BCUT2D eigenvalue weighted by atomic mass is 10.1. The molecular formula is C17H21N5O. The highest BCUT2D eigenvalue weighted by Crippen LogP contribution is 2.18. The number of piperazine rings is 1. The van der Waals surface area contributed by atoms with Crippen molar-refractivity contribution in [1.29, 1.82) is 0 Å². The zero-order valence-electron chi connectivity index (χ0n) is 13.3. The van der Waals surface area contributed by atoms with Crippen molar-refractivity contribution < 1.29 is 4.79 Å². The standard InChI is InChI=1S/C17H21N5O/c1-2-14-3-5-15(6-4-14)19-17-18-8-7-16(20-17)22-11-9-21(13-23)10-12-22/h3-8,13H,2,9-12H2,1H3,(H,18,19,20). The molecule has 0 bridgehead atoms. The topological polar surface area (TPSA) is 61.4 Å². The third-order valence-electron chi connectivity index (χ3n) is 4.05. The summed E-state index contributed by atoms with van der Waals surface area (Å²) in [5.74, 6) is 1.47. The SMILES string of the molecule is CCc1ccc(Nc2nccc(N3CCN(C=O)CC3)n2)cc1. The van der Waals surface area contributed by atoms with Gasteiger partial charge in [0.05, 0.1) is 0 Å². The number of nitrogens with one attached hydrogen (secondary N) is 1. The van der Waals surface area contributed by atoms with Crippen LogP contribution in [0.3, 0.4) is 0 Å². The maximum atomic E-state index is 10.8. The molecule has 0 unspecified atom stereocenters. The van der Waals surface area contributed by atoms with Gasteiger partial charge in [0, 0.05) is 38.1 Å². The van der Waals surface area contributed by atoms with Crippen molar-refractivity contribution in [3.05, 3.63) is 42.1 Å². The third-order valence-corrected chi connectivity index (χ3v) is 4.05. The molecule has 1 aromatic heterocycles. The number of aryl methyl sites for hydroxylation is 1. The molecular weight excluding hydrogens is 290 g/mol. The van der Waals surface area contributed by atoms with E-state index in [1.54, 1.807) is 11.1 Å². The lowest BCUT2D eigenvalue weighted by molar-refractivity contribution is -0.118. The van der Waals surface area contributed by atoms with E-state index in [1.165, 1.54) is 5.56 Å². The van der Waals surface area contributed by atoms with E-state index in [9.17, 15) is 4.79 Å². The Bertz CT molecular complexity index is 650. The van der Waals surface area contributed by atoms with Gasteiger partial charge in [0.25, 0.3) is 0 Å². The van der Waals surface area contributed by atoms with Crippen LogP contribution in [0.25, 0.3) is 0 Å². The molecule has 1 saturated heterocycles. The summed E-state index contributed by atoms with van der Waals surface area (Å²) in [6, 6.07) is 10.2. The van der Waals surface area contributed by atoms with Crippen LogP contribution in [0.4, 0.5) is 17.5 Å². The molecule has 2 heterocycles. The number of rotatable bonds is 5. The second-order valence-electron chi connectivity index (χ2n) is 5.54. The molecule has 1 aliphatic rings. The zero-order chi connectivity index (χ0) is 16.1. The summed E-state index contributed by atoms with van der Waals surface area (Å²) in [5.41, 5.74) is 2.28. The lowest BCUT2D eigenvalue weighted by Crippen LogP contribution is -2.46. The van der Waals surface area contributed by atoms with Crippen molar-refractivity contribution in [2.45, 2.75) is 13.3 Å². The predicted molar refractivity (Wildman–Crippen MR) is 91.0 cm³/mol. The average Bonchev–Trinajstić information content (AvgIpc) is 2.63. The van der Waals surface area contributed by atoms with Gasteiger partial charge in [-0.1, -0.05) is 19.1 Å². The zero-order valence-corrected chi connectivity index (χ0v) is 13.3. The number of amides is 1. The fraction of sp³-hybridized carbons (Fsp3) is 0.353. The molecule has 0 atom stereocenters. The van der Waals surface area contributed by atoms with Crippen molar-refractivity contribution >= 4 is 23.9 Å². The van der Waals surface area contributed by atoms with Crippen molar-refractivity contribution in [1.82, 2.24) is 14.9 Å². The van der Waals surface area contributed by atoms with Gasteiger partial charge in [-0.3, -0.25) is 4.79 Å². The summed E-state index contributed by atoms with van der Waals surface area (Å²) in [4.78, 5) is 23.6. The van der Waals surface area contributed by atoms with Gasteiger partial charge in [0.2, 0.25) is 12.4 Å². The van der Waals surface area contributed by atoms with Gasteiger partial charge in [0.15, 0.2) is 0 Å². The lowest BCUT2D eigenvalue weighted by Gasteiger charge is -2.33. The number of anilines is 3. The van der Waals surface area contributed by atoms with Crippen LogP contribution < -0.4 is 10.2 Å². The number of nitrogens with zero attached hydrogens (tertiary/aromatic N) is 4. The van der Waals surface area contributed by atoms with E-state index >= 15 is 0 Å². The Balaban J connectivity index is 1.68. The first-order chi connectivity index (χ1) is 11.3. The summed E-state index contributed by atoms with van der Waals surface area (Å²) in [5, 5.41) is 3.24. The molecule has 0 radical (unpaired) electrons. The molecule has 0 spiro atoms. The molecule has 120 valence electrons. The van der Waals surface area contributed by atoms with Gasteiger partial charge in [-0.25, -0.2) is 4.98 Å². The Labute approximate surface area is 136 Å². The van der Waals surface area contributed by atoms with Gasteiger partial charge >= 0.3 is 0 Å². The molecule has 6 nitrogen and oxygen atoms in total. The van der Waals surface area contributed by atoms with E-state index in [-0.39, 0.29) is 0 Å². The maximum Gasteiger partial charge on any atom is 0.229 e. The summed E-state index contributed by atoms with van der Waals surface area (Å²) < 4.78 is 0. The van der Waals surface area contributed by atoms with Crippen LogP contribution in [0.2, 0.25) is 0 Å². The largest absolute Gasteiger partial charge is 0.353 e. The van der Waals surface area contributed by atoms with Crippen molar-refractivity contribution in [2.75, 3.05) is 36.4 Å². The van der Waals surface area contributed by atoms with Crippen LogP contribution >= 0.6 is 0 Å². The van der Waals surface area contributed by atoms with E-state index in [4.69, 9.17) is 0 Å². The Morgan fingerprint density at radius 2 is 1.87 bits per heavy atom. The summed E-state index contributed by atoms with van der Waals surface area (Å²) in [6.45, 7) is 5.18. The number of benzene rings is 1. The van der Waals surface area contributed by atoms with E-state index in [1.807, 2.05) is 18.2 Å². The van der Waals surface area contributed by atoms with Gasteiger partial charge in [-0.05, 0) is 30.2 Å². The number of carbonyl (C=O) groups excluding carboxylic acids is 1. The second kappa shape index (κ2) is 7.09. The first-order valence-corrected chi connectivity index (χ1v) is 7.92. The monoisotopic (exact) mass is 311 g/mol.